The number of aryl methyl sites for hydroxylation is 2. The van der Waals surface area contributed by atoms with E-state index in [1.807, 2.05) is 0 Å². The van der Waals surface area contributed by atoms with Crippen molar-refractivity contribution in [2.45, 2.75) is 40.3 Å². The molecule has 2 aromatic heterocycles. The number of benzene rings is 2. The van der Waals surface area contributed by atoms with Gasteiger partial charge in [-0.3, -0.25) is 4.31 Å². The van der Waals surface area contributed by atoms with Gasteiger partial charge in [-0.25, -0.2) is 17.6 Å². The van der Waals surface area contributed by atoms with E-state index in [1.54, 1.807) is 27.7 Å². The van der Waals surface area contributed by atoms with Crippen molar-refractivity contribution < 1.29 is 36.4 Å². The molecule has 0 saturated carbocycles. The molecular weight excluding hydrogens is 491 g/mol. The van der Waals surface area contributed by atoms with E-state index in [0.29, 0.717) is 22.6 Å². The smallest absolute Gasteiger partial charge is 0.340 e. The van der Waals surface area contributed by atoms with Crippen LogP contribution in [0, 0.1) is 19.7 Å². The lowest BCUT2D eigenvalue weighted by molar-refractivity contribution is 0.0699. The number of nitrogens with zero attached hydrogens (tertiary/aromatic N) is 2. The maximum Gasteiger partial charge on any atom is 0.340 e. The fraction of sp³-hybridized carbons (Fsp3) is 0.280. The first-order valence-electron chi connectivity index (χ1n) is 11.0. The second-order valence-corrected chi connectivity index (χ2v) is 10.6. The molecule has 2 heterocycles. The van der Waals surface area contributed by atoms with Crippen molar-refractivity contribution in [2.75, 3.05) is 10.6 Å². The average molecular weight is 517 g/mol. The number of ether oxygens (including phenoxy) is 1. The van der Waals surface area contributed by atoms with Crippen LogP contribution < -0.4 is 9.04 Å². The van der Waals surface area contributed by atoms with Crippen LogP contribution in [0.3, 0.4) is 0 Å². The van der Waals surface area contributed by atoms with Crippen molar-refractivity contribution in [1.82, 2.24) is 5.16 Å². The summed E-state index contributed by atoms with van der Waals surface area (Å²) in [6.07, 6.45) is 0.710. The van der Waals surface area contributed by atoms with E-state index >= 15 is 0 Å². The summed E-state index contributed by atoms with van der Waals surface area (Å²) in [5, 5.41) is 14.1. The number of sulfonamides is 1. The Morgan fingerprint density at radius 3 is 2.39 bits per heavy atom. The van der Waals surface area contributed by atoms with Crippen LogP contribution in [-0.2, 0) is 16.6 Å². The zero-order chi connectivity index (χ0) is 26.4. The number of rotatable bonds is 8. The second kappa shape index (κ2) is 9.30. The van der Waals surface area contributed by atoms with Crippen molar-refractivity contribution in [2.24, 2.45) is 0 Å². The second-order valence-electron chi connectivity index (χ2n) is 8.67. The van der Waals surface area contributed by atoms with Crippen LogP contribution in [-0.4, -0.2) is 37.0 Å². The lowest BCUT2D eigenvalue weighted by atomic mass is 10.0. The van der Waals surface area contributed by atoms with Crippen LogP contribution in [0.5, 0.6) is 5.75 Å². The zero-order valence-corrected chi connectivity index (χ0v) is 21.1. The lowest BCUT2D eigenvalue weighted by Crippen LogP contribution is -2.30. The highest BCUT2D eigenvalue weighted by molar-refractivity contribution is 7.92. The molecule has 190 valence electrons. The summed E-state index contributed by atoms with van der Waals surface area (Å²) in [6, 6.07) is 8.10. The van der Waals surface area contributed by atoms with Crippen molar-refractivity contribution >= 4 is 32.6 Å². The normalized spacial score (nSPS) is 11.9. The quantitative estimate of drug-likeness (QED) is 0.335. The van der Waals surface area contributed by atoms with Gasteiger partial charge in [0.25, 0.3) is 0 Å². The van der Waals surface area contributed by atoms with E-state index in [9.17, 15) is 22.7 Å². The number of furan rings is 1. The number of hydrogen-bond donors (Lipinski definition) is 1. The monoisotopic (exact) mass is 516 g/mol. The summed E-state index contributed by atoms with van der Waals surface area (Å²) in [6.45, 7) is 6.85. The third kappa shape index (κ3) is 4.78. The largest absolute Gasteiger partial charge is 0.489 e. The number of anilines is 1. The highest BCUT2D eigenvalue weighted by Crippen LogP contribution is 2.42. The highest BCUT2D eigenvalue weighted by atomic mass is 32.2. The standard InChI is InChI=1S/C25H25FN2O7S/c1-13(2)33-22-10-18-21(34-24(23(18)25(29)30)16-6-8-17(26)9-7-16)11-20(22)28(36(5,31)32)12-19-14(3)27-35-15(19)4/h6-11,13H,12H2,1-5H3,(H,29,30). The Labute approximate surface area is 207 Å². The van der Waals surface area contributed by atoms with E-state index in [-0.39, 0.29) is 46.4 Å². The molecule has 4 rings (SSSR count). The van der Waals surface area contributed by atoms with Crippen LogP contribution in [0.2, 0.25) is 0 Å². The van der Waals surface area contributed by atoms with Gasteiger partial charge >= 0.3 is 5.97 Å². The zero-order valence-electron chi connectivity index (χ0n) is 20.3. The first-order chi connectivity index (χ1) is 16.9. The molecule has 0 atom stereocenters. The molecule has 0 radical (unpaired) electrons. The molecule has 0 aliphatic carbocycles. The van der Waals surface area contributed by atoms with E-state index in [2.05, 4.69) is 5.16 Å². The van der Waals surface area contributed by atoms with Crippen LogP contribution >= 0.6 is 0 Å². The molecule has 2 aromatic carbocycles. The summed E-state index contributed by atoms with van der Waals surface area (Å²) in [4.78, 5) is 12.2. The Morgan fingerprint density at radius 2 is 1.86 bits per heavy atom. The first kappa shape index (κ1) is 25.2. The number of fused-ring (bicyclic) bond motifs is 1. The molecular formula is C25H25FN2O7S. The fourth-order valence-corrected chi connectivity index (χ4v) is 4.79. The molecule has 0 amide bonds. The van der Waals surface area contributed by atoms with Gasteiger partial charge in [0.2, 0.25) is 10.0 Å². The Morgan fingerprint density at radius 1 is 1.19 bits per heavy atom. The Hall–Kier alpha value is -3.86. The fourth-order valence-electron chi connectivity index (χ4n) is 3.92. The number of hydrogen-bond acceptors (Lipinski definition) is 7. The van der Waals surface area contributed by atoms with Gasteiger partial charge in [0.15, 0.2) is 0 Å². The van der Waals surface area contributed by atoms with Gasteiger partial charge in [-0.2, -0.15) is 0 Å². The molecule has 0 fully saturated rings. The molecule has 11 heteroatoms. The predicted octanol–water partition coefficient (Wildman–Crippen LogP) is 5.30. The molecule has 4 aromatic rings. The van der Waals surface area contributed by atoms with Gasteiger partial charge in [-0.05, 0) is 58.0 Å². The predicted molar refractivity (Wildman–Crippen MR) is 131 cm³/mol. The molecule has 0 unspecified atom stereocenters. The topological polar surface area (TPSA) is 123 Å². The Kier molecular flexibility index (Phi) is 6.52. The maximum atomic E-state index is 13.5. The van der Waals surface area contributed by atoms with Crippen molar-refractivity contribution in [1.29, 1.82) is 0 Å². The minimum atomic E-state index is -3.85. The summed E-state index contributed by atoms with van der Waals surface area (Å²) in [5.41, 5.74) is 1.63. The molecule has 1 N–H and O–H groups in total. The lowest BCUT2D eigenvalue weighted by Gasteiger charge is -2.25. The van der Waals surface area contributed by atoms with Gasteiger partial charge in [0.05, 0.1) is 30.3 Å². The minimum absolute atomic E-state index is 0.0155. The first-order valence-corrected chi connectivity index (χ1v) is 12.9. The third-order valence-corrected chi connectivity index (χ3v) is 6.73. The number of carboxylic acid groups (broad SMARTS) is 1. The van der Waals surface area contributed by atoms with E-state index in [1.165, 1.54) is 36.4 Å². The number of carboxylic acids is 1. The third-order valence-electron chi connectivity index (χ3n) is 5.60. The molecule has 36 heavy (non-hydrogen) atoms. The van der Waals surface area contributed by atoms with Gasteiger partial charge in [0.1, 0.15) is 34.2 Å². The SMILES string of the molecule is Cc1noc(C)c1CN(c1cc2oc(-c3ccc(F)cc3)c(C(=O)O)c2cc1OC(C)C)S(C)(=O)=O. The van der Waals surface area contributed by atoms with Crippen molar-refractivity contribution in [3.8, 4) is 17.1 Å². The molecule has 0 bridgehead atoms. The van der Waals surface area contributed by atoms with Crippen LogP contribution in [0.1, 0.15) is 41.2 Å². The minimum Gasteiger partial charge on any atom is -0.489 e. The molecule has 0 aliphatic rings. The molecule has 9 nitrogen and oxygen atoms in total. The summed E-state index contributed by atoms with van der Waals surface area (Å²) < 4.78 is 57.6. The van der Waals surface area contributed by atoms with Gasteiger partial charge in [-0.1, -0.05) is 5.16 Å². The van der Waals surface area contributed by atoms with E-state index in [0.717, 1.165) is 10.6 Å². The van der Waals surface area contributed by atoms with E-state index in [4.69, 9.17) is 13.7 Å². The molecule has 0 aliphatic heterocycles. The van der Waals surface area contributed by atoms with Crippen LogP contribution in [0.15, 0.2) is 45.3 Å². The summed E-state index contributed by atoms with van der Waals surface area (Å²) in [5.74, 6) is -1.10. The number of aromatic nitrogens is 1. The summed E-state index contributed by atoms with van der Waals surface area (Å²) >= 11 is 0. The number of aromatic carboxylic acids is 1. The average Bonchev–Trinajstić information content (AvgIpc) is 3.30. The maximum absolute atomic E-state index is 13.5. The van der Waals surface area contributed by atoms with Crippen LogP contribution in [0.4, 0.5) is 10.1 Å². The Bertz CT molecular complexity index is 1530. The Balaban J connectivity index is 1.99. The number of carbonyl (C=O) groups is 1. The van der Waals surface area contributed by atoms with E-state index < -0.39 is 21.8 Å². The van der Waals surface area contributed by atoms with Crippen molar-refractivity contribution in [3.63, 3.8) is 0 Å². The van der Waals surface area contributed by atoms with Gasteiger partial charge < -0.3 is 18.8 Å². The van der Waals surface area contributed by atoms with Crippen molar-refractivity contribution in [3.05, 3.63) is 64.8 Å². The highest BCUT2D eigenvalue weighted by Gasteiger charge is 2.29. The van der Waals surface area contributed by atoms with Gasteiger partial charge in [0, 0.05) is 22.6 Å². The van der Waals surface area contributed by atoms with Gasteiger partial charge in [-0.15, -0.1) is 0 Å². The molecule has 0 spiro atoms. The molecule has 0 saturated heterocycles. The van der Waals surface area contributed by atoms with Crippen LogP contribution in [0.25, 0.3) is 22.3 Å². The number of halogens is 1. The summed E-state index contributed by atoms with van der Waals surface area (Å²) in [7, 11) is -3.85.